The van der Waals surface area contributed by atoms with Crippen LogP contribution in [-0.4, -0.2) is 31.9 Å². The summed E-state index contributed by atoms with van der Waals surface area (Å²) in [4.78, 5) is 18.5. The standard InChI is InChI=1S/C20H15ClF3N3O2/c1-10-17-14(5-4-13-18(17)12(21)7-16(29)26-13)27(9-15(28)20(22,23)24)19(10)11-3-2-6-25-8-11/h2-8,15,28H,9H2,1H3,(H,26,29)/t15-/m0/s1. The molecule has 5 nitrogen and oxygen atoms in total. The summed E-state index contributed by atoms with van der Waals surface area (Å²) in [5.41, 5.74) is 2.33. The highest BCUT2D eigenvalue weighted by Gasteiger charge is 2.39. The molecule has 150 valence electrons. The second-order valence-corrected chi connectivity index (χ2v) is 7.15. The van der Waals surface area contributed by atoms with Crippen molar-refractivity contribution in [3.8, 4) is 11.3 Å². The van der Waals surface area contributed by atoms with Crippen LogP contribution in [0.1, 0.15) is 5.56 Å². The molecule has 0 aliphatic heterocycles. The van der Waals surface area contributed by atoms with E-state index in [4.69, 9.17) is 11.6 Å². The molecule has 0 saturated carbocycles. The molecule has 29 heavy (non-hydrogen) atoms. The number of fused-ring (bicyclic) bond motifs is 3. The van der Waals surface area contributed by atoms with Crippen molar-refractivity contribution >= 4 is 33.4 Å². The molecule has 2 N–H and O–H groups in total. The third-order valence-corrected chi connectivity index (χ3v) is 5.20. The monoisotopic (exact) mass is 421 g/mol. The molecule has 3 heterocycles. The van der Waals surface area contributed by atoms with Crippen molar-refractivity contribution in [1.29, 1.82) is 0 Å². The molecular weight excluding hydrogens is 407 g/mol. The molecule has 4 rings (SSSR count). The van der Waals surface area contributed by atoms with E-state index in [0.717, 1.165) is 0 Å². The molecule has 4 aromatic rings. The van der Waals surface area contributed by atoms with Crippen molar-refractivity contribution in [3.63, 3.8) is 0 Å². The number of benzene rings is 1. The summed E-state index contributed by atoms with van der Waals surface area (Å²) < 4.78 is 40.7. The minimum absolute atomic E-state index is 0.198. The number of pyridine rings is 2. The van der Waals surface area contributed by atoms with E-state index in [9.17, 15) is 23.1 Å². The summed E-state index contributed by atoms with van der Waals surface area (Å²) in [6, 6.07) is 7.85. The first-order valence-corrected chi connectivity index (χ1v) is 9.06. The molecule has 0 bridgehead atoms. The zero-order valence-corrected chi connectivity index (χ0v) is 15.8. The average Bonchev–Trinajstić information content (AvgIpc) is 2.93. The van der Waals surface area contributed by atoms with Crippen LogP contribution in [0.25, 0.3) is 33.1 Å². The van der Waals surface area contributed by atoms with E-state index in [-0.39, 0.29) is 10.6 Å². The zero-order chi connectivity index (χ0) is 20.9. The van der Waals surface area contributed by atoms with Gasteiger partial charge in [-0.3, -0.25) is 9.78 Å². The van der Waals surface area contributed by atoms with Crippen molar-refractivity contribution in [2.45, 2.75) is 25.7 Å². The van der Waals surface area contributed by atoms with Crippen molar-refractivity contribution in [2.75, 3.05) is 0 Å². The van der Waals surface area contributed by atoms with E-state index in [1.54, 1.807) is 43.6 Å². The topological polar surface area (TPSA) is 70.9 Å². The maximum atomic E-state index is 13.1. The summed E-state index contributed by atoms with van der Waals surface area (Å²) in [7, 11) is 0. The molecule has 0 aliphatic carbocycles. The Labute approximate surface area is 167 Å². The quantitative estimate of drug-likeness (QED) is 0.514. The fourth-order valence-corrected chi connectivity index (χ4v) is 3.98. The molecule has 0 amide bonds. The SMILES string of the molecule is Cc1c(-c2cccnc2)n(C[C@H](O)C(F)(F)F)c2ccc3[nH]c(=O)cc(Cl)c3c12. The number of nitrogens with one attached hydrogen (secondary N) is 1. The summed E-state index contributed by atoms with van der Waals surface area (Å²) in [5.74, 6) is 0. The van der Waals surface area contributed by atoms with Gasteiger partial charge in [0.15, 0.2) is 6.10 Å². The Morgan fingerprint density at radius 3 is 2.69 bits per heavy atom. The van der Waals surface area contributed by atoms with Crippen LogP contribution >= 0.6 is 11.6 Å². The lowest BCUT2D eigenvalue weighted by molar-refractivity contribution is -0.207. The number of nitrogens with zero attached hydrogens (tertiary/aromatic N) is 2. The van der Waals surface area contributed by atoms with Gasteiger partial charge in [0, 0.05) is 40.3 Å². The number of alkyl halides is 3. The summed E-state index contributed by atoms with van der Waals surface area (Å²) in [5, 5.41) is 11.1. The van der Waals surface area contributed by atoms with Gasteiger partial charge in [-0.1, -0.05) is 11.6 Å². The first-order valence-electron chi connectivity index (χ1n) is 8.68. The van der Waals surface area contributed by atoms with E-state index in [1.807, 2.05) is 0 Å². The molecule has 0 saturated heterocycles. The van der Waals surface area contributed by atoms with Crippen LogP contribution in [0.2, 0.25) is 5.02 Å². The maximum absolute atomic E-state index is 13.1. The second-order valence-electron chi connectivity index (χ2n) is 6.75. The second kappa shape index (κ2) is 6.89. The molecule has 0 fully saturated rings. The number of halogens is 4. The average molecular weight is 422 g/mol. The van der Waals surface area contributed by atoms with Gasteiger partial charge in [-0.05, 0) is 36.8 Å². The first kappa shape index (κ1) is 19.5. The van der Waals surface area contributed by atoms with Crippen LogP contribution in [0.3, 0.4) is 0 Å². The van der Waals surface area contributed by atoms with Crippen LogP contribution in [-0.2, 0) is 6.54 Å². The van der Waals surface area contributed by atoms with Gasteiger partial charge in [0.2, 0.25) is 5.56 Å². The highest BCUT2D eigenvalue weighted by molar-refractivity contribution is 6.37. The highest BCUT2D eigenvalue weighted by atomic mass is 35.5. The number of aromatic nitrogens is 3. The molecule has 3 aromatic heterocycles. The van der Waals surface area contributed by atoms with E-state index in [2.05, 4.69) is 9.97 Å². The van der Waals surface area contributed by atoms with Gasteiger partial charge in [-0.15, -0.1) is 0 Å². The molecule has 0 unspecified atom stereocenters. The maximum Gasteiger partial charge on any atom is 0.416 e. The van der Waals surface area contributed by atoms with Gasteiger partial charge in [0.25, 0.3) is 0 Å². The van der Waals surface area contributed by atoms with Crippen LogP contribution < -0.4 is 5.56 Å². The van der Waals surface area contributed by atoms with E-state index in [1.165, 1.54) is 10.6 Å². The Balaban J connectivity index is 2.11. The van der Waals surface area contributed by atoms with Crippen molar-refractivity contribution < 1.29 is 18.3 Å². The van der Waals surface area contributed by atoms with Crippen LogP contribution in [0.4, 0.5) is 13.2 Å². The van der Waals surface area contributed by atoms with E-state index < -0.39 is 18.8 Å². The molecule has 1 atom stereocenters. The number of H-pyrrole nitrogens is 1. The van der Waals surface area contributed by atoms with Crippen molar-refractivity contribution in [1.82, 2.24) is 14.5 Å². The Bertz CT molecular complexity index is 1280. The molecule has 0 radical (unpaired) electrons. The largest absolute Gasteiger partial charge is 0.416 e. The predicted octanol–water partition coefficient (Wildman–Crippen LogP) is 4.43. The third-order valence-electron chi connectivity index (χ3n) is 4.90. The molecule has 9 heteroatoms. The number of aliphatic hydroxyl groups is 1. The van der Waals surface area contributed by atoms with Crippen molar-refractivity contribution in [2.24, 2.45) is 0 Å². The van der Waals surface area contributed by atoms with Crippen LogP contribution in [0, 0.1) is 6.92 Å². The van der Waals surface area contributed by atoms with Gasteiger partial charge >= 0.3 is 6.18 Å². The van der Waals surface area contributed by atoms with Gasteiger partial charge in [-0.2, -0.15) is 13.2 Å². The normalized spacial score (nSPS) is 13.3. The number of aliphatic hydroxyl groups excluding tert-OH is 1. The van der Waals surface area contributed by atoms with Crippen molar-refractivity contribution in [3.05, 3.63) is 63.7 Å². The number of aromatic amines is 1. The van der Waals surface area contributed by atoms with Crippen LogP contribution in [0.5, 0.6) is 0 Å². The Hall–Kier alpha value is -2.84. The Morgan fingerprint density at radius 1 is 1.28 bits per heavy atom. The molecular formula is C20H15ClF3N3O2. The minimum Gasteiger partial charge on any atom is -0.382 e. The fraction of sp³-hybridized carbons (Fsp3) is 0.200. The lowest BCUT2D eigenvalue weighted by atomic mass is 10.0. The third kappa shape index (κ3) is 3.28. The molecule has 0 aliphatic rings. The highest BCUT2D eigenvalue weighted by Crippen LogP contribution is 2.39. The van der Waals surface area contributed by atoms with Gasteiger partial charge in [0.05, 0.1) is 22.8 Å². The summed E-state index contributed by atoms with van der Waals surface area (Å²) >= 11 is 6.33. The predicted molar refractivity (Wildman–Crippen MR) is 105 cm³/mol. The Kier molecular flexibility index (Phi) is 4.63. The van der Waals surface area contributed by atoms with Crippen LogP contribution in [0.15, 0.2) is 47.5 Å². The molecule has 1 aromatic carbocycles. The number of rotatable bonds is 3. The minimum atomic E-state index is -4.77. The van der Waals surface area contributed by atoms with E-state index in [0.29, 0.717) is 38.6 Å². The zero-order valence-electron chi connectivity index (χ0n) is 15.1. The number of aryl methyl sites for hydroxylation is 1. The fourth-order valence-electron chi connectivity index (χ4n) is 3.69. The Morgan fingerprint density at radius 2 is 2.03 bits per heavy atom. The smallest absolute Gasteiger partial charge is 0.382 e. The lowest BCUT2D eigenvalue weighted by Gasteiger charge is -2.18. The number of hydrogen-bond donors (Lipinski definition) is 2. The van der Waals surface area contributed by atoms with Gasteiger partial charge in [-0.25, -0.2) is 0 Å². The first-order chi connectivity index (χ1) is 13.7. The number of hydrogen-bond acceptors (Lipinski definition) is 3. The molecule has 0 spiro atoms. The van der Waals surface area contributed by atoms with E-state index >= 15 is 0 Å². The lowest BCUT2D eigenvalue weighted by Crippen LogP contribution is -2.33. The summed E-state index contributed by atoms with van der Waals surface area (Å²) in [6.45, 7) is 1.08. The van der Waals surface area contributed by atoms with Gasteiger partial charge < -0.3 is 14.7 Å². The summed E-state index contributed by atoms with van der Waals surface area (Å²) in [6.07, 6.45) is -4.21. The van der Waals surface area contributed by atoms with Gasteiger partial charge in [0.1, 0.15) is 0 Å².